The minimum absolute atomic E-state index is 0.0419. The Bertz CT molecular complexity index is 1640. The van der Waals surface area contributed by atoms with Gasteiger partial charge in [-0.2, -0.15) is 4.98 Å². The number of benzene rings is 2. The largest absolute Gasteiger partial charge is 0.457 e. The van der Waals surface area contributed by atoms with Crippen molar-refractivity contribution in [2.24, 2.45) is 17.6 Å². The molecule has 218 valence electrons. The number of thiocarbonyl (C=S) groups is 1. The highest BCUT2D eigenvalue weighted by atomic mass is 35.5. The van der Waals surface area contributed by atoms with E-state index in [1.165, 1.54) is 0 Å². The molecular weight excluding hydrogens is 591 g/mol. The number of anilines is 3. The molecule has 1 aliphatic rings. The van der Waals surface area contributed by atoms with Crippen LogP contribution in [-0.2, 0) is 0 Å². The third-order valence-corrected chi connectivity index (χ3v) is 7.75. The van der Waals surface area contributed by atoms with Crippen LogP contribution < -0.4 is 21.7 Å². The Balaban J connectivity index is 1.23. The zero-order valence-electron chi connectivity index (χ0n) is 23.2. The van der Waals surface area contributed by atoms with Crippen molar-refractivity contribution in [2.75, 3.05) is 42.1 Å². The molecule has 2 aromatic heterocycles. The number of nitrogens with two attached hydrogens (primary N) is 1. The molecule has 2 aromatic carbocycles. The lowest BCUT2D eigenvalue weighted by Gasteiger charge is -2.17. The molecule has 0 aliphatic carbocycles. The Morgan fingerprint density at radius 2 is 1.90 bits per heavy atom. The van der Waals surface area contributed by atoms with Crippen molar-refractivity contribution < 1.29 is 4.42 Å². The predicted molar refractivity (Wildman–Crippen MR) is 177 cm³/mol. The maximum atomic E-state index is 7.67. The van der Waals surface area contributed by atoms with Gasteiger partial charge >= 0.3 is 0 Å². The first-order chi connectivity index (χ1) is 20.1. The first-order valence-corrected chi connectivity index (χ1v) is 14.7. The van der Waals surface area contributed by atoms with Gasteiger partial charge in [-0.05, 0) is 86.1 Å². The van der Waals surface area contributed by atoms with E-state index >= 15 is 0 Å². The molecule has 4 aromatic rings. The minimum atomic E-state index is 0.0419. The molecule has 1 fully saturated rings. The molecular formula is C30H32Cl2N8OS. The van der Waals surface area contributed by atoms with Gasteiger partial charge in [-0.25, -0.2) is 4.98 Å². The summed E-state index contributed by atoms with van der Waals surface area (Å²) in [6.07, 6.45) is 4.28. The summed E-state index contributed by atoms with van der Waals surface area (Å²) in [7, 11) is 0. The average molecular weight is 624 g/mol. The van der Waals surface area contributed by atoms with Gasteiger partial charge in [0, 0.05) is 58.1 Å². The molecule has 1 aliphatic heterocycles. The number of likely N-dealkylation sites (tertiary alicyclic amines) is 1. The SMILES string of the molecule is CCN1CC(C=Cc2cc3cc(C(=N)N)ccc3o2)C(CNc2cc(C)nc(NC(=S)Nc3cc(Cl)cc(Cl)c3)n2)C1. The van der Waals surface area contributed by atoms with Crippen molar-refractivity contribution in [2.45, 2.75) is 13.8 Å². The number of furan rings is 1. The Hall–Kier alpha value is -3.70. The van der Waals surface area contributed by atoms with E-state index in [-0.39, 0.29) is 5.84 Å². The second-order valence-corrected chi connectivity index (χ2v) is 11.6. The maximum Gasteiger partial charge on any atom is 0.231 e. The first-order valence-electron chi connectivity index (χ1n) is 13.6. The lowest BCUT2D eigenvalue weighted by atomic mass is 9.95. The van der Waals surface area contributed by atoms with Crippen LogP contribution in [0.3, 0.4) is 0 Å². The summed E-state index contributed by atoms with van der Waals surface area (Å²) in [5.74, 6) is 2.63. The van der Waals surface area contributed by atoms with Crippen LogP contribution in [0, 0.1) is 24.2 Å². The standard InChI is InChI=1S/C30H32Cl2N8OS/c1-3-40-15-19(4-6-25-10-20-9-18(28(33)34)5-7-26(20)41-25)21(16-40)14-35-27-8-17(2)36-29(38-27)39-30(42)37-24-12-22(31)11-23(32)13-24/h4-13,19,21H,3,14-16H2,1-2H3,(H3,33,34)(H3,35,36,37,38,39,42). The highest BCUT2D eigenvalue weighted by Gasteiger charge is 2.30. The number of aryl methyl sites for hydroxylation is 1. The molecule has 9 nitrogen and oxygen atoms in total. The maximum absolute atomic E-state index is 7.67. The van der Waals surface area contributed by atoms with E-state index in [0.717, 1.165) is 54.4 Å². The van der Waals surface area contributed by atoms with Gasteiger partial charge in [-0.3, -0.25) is 5.41 Å². The summed E-state index contributed by atoms with van der Waals surface area (Å²) in [6.45, 7) is 7.78. The van der Waals surface area contributed by atoms with Crippen LogP contribution in [0.4, 0.5) is 17.5 Å². The van der Waals surface area contributed by atoms with Gasteiger partial charge in [0.15, 0.2) is 5.11 Å². The van der Waals surface area contributed by atoms with E-state index < -0.39 is 0 Å². The van der Waals surface area contributed by atoms with Crippen molar-refractivity contribution in [1.29, 1.82) is 5.41 Å². The number of nitrogen functional groups attached to an aromatic ring is 1. The molecule has 3 heterocycles. The summed E-state index contributed by atoms with van der Waals surface area (Å²) in [4.78, 5) is 11.6. The molecule has 0 bridgehead atoms. The van der Waals surface area contributed by atoms with E-state index in [4.69, 9.17) is 51.0 Å². The van der Waals surface area contributed by atoms with Crippen LogP contribution in [0.5, 0.6) is 0 Å². The summed E-state index contributed by atoms with van der Waals surface area (Å²) in [5.41, 5.74) is 8.57. The van der Waals surface area contributed by atoms with Gasteiger partial charge in [0.05, 0.1) is 0 Å². The fourth-order valence-corrected chi connectivity index (χ4v) is 5.79. The highest BCUT2D eigenvalue weighted by molar-refractivity contribution is 7.80. The monoisotopic (exact) mass is 622 g/mol. The summed E-state index contributed by atoms with van der Waals surface area (Å²) >= 11 is 17.6. The van der Waals surface area contributed by atoms with Crippen LogP contribution in [0.1, 0.15) is 23.9 Å². The third kappa shape index (κ3) is 7.57. The number of aromatic nitrogens is 2. The van der Waals surface area contributed by atoms with Crippen LogP contribution >= 0.6 is 35.4 Å². The molecule has 1 saturated heterocycles. The van der Waals surface area contributed by atoms with Crippen LogP contribution in [0.15, 0.2) is 59.0 Å². The number of halogens is 2. The zero-order valence-corrected chi connectivity index (χ0v) is 25.6. The molecule has 42 heavy (non-hydrogen) atoms. The average Bonchev–Trinajstić information content (AvgIpc) is 3.52. The molecule has 0 spiro atoms. The van der Waals surface area contributed by atoms with Gasteiger partial charge < -0.3 is 31.0 Å². The van der Waals surface area contributed by atoms with Crippen molar-refractivity contribution >= 4 is 80.9 Å². The summed E-state index contributed by atoms with van der Waals surface area (Å²) in [5, 5.41) is 19.6. The molecule has 0 amide bonds. The van der Waals surface area contributed by atoms with Crippen molar-refractivity contribution in [3.63, 3.8) is 0 Å². The molecule has 5 rings (SSSR count). The zero-order chi connectivity index (χ0) is 29.8. The second kappa shape index (κ2) is 13.1. The molecule has 2 unspecified atom stereocenters. The topological polar surface area (TPSA) is 128 Å². The van der Waals surface area contributed by atoms with Crippen molar-refractivity contribution in [1.82, 2.24) is 14.9 Å². The number of hydrogen-bond donors (Lipinski definition) is 5. The number of rotatable bonds is 9. The summed E-state index contributed by atoms with van der Waals surface area (Å²) in [6, 6.07) is 14.5. The Morgan fingerprint density at radius 3 is 2.64 bits per heavy atom. The fourth-order valence-electron chi connectivity index (χ4n) is 5.05. The number of nitrogens with zero attached hydrogens (tertiary/aromatic N) is 3. The lowest BCUT2D eigenvalue weighted by molar-refractivity contribution is 0.343. The van der Waals surface area contributed by atoms with E-state index in [2.05, 4.69) is 43.8 Å². The van der Waals surface area contributed by atoms with Gasteiger partial charge in [-0.1, -0.05) is 36.2 Å². The molecule has 6 N–H and O–H groups in total. The van der Waals surface area contributed by atoms with E-state index in [1.807, 2.05) is 37.3 Å². The van der Waals surface area contributed by atoms with Gasteiger partial charge in [0.2, 0.25) is 5.95 Å². The van der Waals surface area contributed by atoms with E-state index in [9.17, 15) is 0 Å². The Labute approximate surface area is 260 Å². The molecule has 0 radical (unpaired) electrons. The first kappa shape index (κ1) is 29.8. The normalized spacial score (nSPS) is 17.1. The number of hydrogen-bond acceptors (Lipinski definition) is 7. The number of amidine groups is 1. The van der Waals surface area contributed by atoms with Crippen molar-refractivity contribution in [3.8, 4) is 0 Å². The minimum Gasteiger partial charge on any atom is -0.457 e. The predicted octanol–water partition coefficient (Wildman–Crippen LogP) is 6.62. The van der Waals surface area contributed by atoms with Crippen LogP contribution in [0.25, 0.3) is 17.0 Å². The molecule has 12 heteroatoms. The van der Waals surface area contributed by atoms with E-state index in [1.54, 1.807) is 24.3 Å². The second-order valence-electron chi connectivity index (χ2n) is 10.3. The summed E-state index contributed by atoms with van der Waals surface area (Å²) < 4.78 is 6.01. The third-order valence-electron chi connectivity index (χ3n) is 7.11. The van der Waals surface area contributed by atoms with Crippen molar-refractivity contribution in [3.05, 3.63) is 81.7 Å². The Kier molecular flexibility index (Phi) is 9.27. The van der Waals surface area contributed by atoms with Gasteiger partial charge in [-0.15, -0.1) is 0 Å². The van der Waals surface area contributed by atoms with Crippen LogP contribution in [0.2, 0.25) is 10.0 Å². The smallest absolute Gasteiger partial charge is 0.231 e. The highest BCUT2D eigenvalue weighted by Crippen LogP contribution is 2.28. The quantitative estimate of drug-likeness (QED) is 0.0794. The molecule has 0 saturated carbocycles. The fraction of sp³-hybridized carbons (Fsp3) is 0.267. The van der Waals surface area contributed by atoms with Crippen LogP contribution in [-0.4, -0.2) is 52.0 Å². The van der Waals surface area contributed by atoms with Gasteiger partial charge in [0.25, 0.3) is 0 Å². The lowest BCUT2D eigenvalue weighted by Crippen LogP contribution is -2.24. The number of fused-ring (bicyclic) bond motifs is 1. The number of nitrogens with one attached hydrogen (secondary N) is 4. The van der Waals surface area contributed by atoms with E-state index in [0.29, 0.717) is 44.2 Å². The van der Waals surface area contributed by atoms with Gasteiger partial charge in [0.1, 0.15) is 23.0 Å². The Morgan fingerprint density at radius 1 is 1.12 bits per heavy atom. The molecule has 2 atom stereocenters.